The molecule has 0 aromatic carbocycles. The van der Waals surface area contributed by atoms with Gasteiger partial charge >= 0.3 is 0 Å². The summed E-state index contributed by atoms with van der Waals surface area (Å²) in [5.74, 6) is -0.0915. The standard InChI is InChI=1S/C16H17F2N7O/c1-23-9-19-6-13(23)15(26)24-4-2-3-10(7-24)12-5-11(14(17)18)22-16-20-8-21-25(12)16/h5-6,8-10,14H,2-4,7H2,1H3. The van der Waals surface area contributed by atoms with Gasteiger partial charge in [-0.2, -0.15) is 10.1 Å². The van der Waals surface area contributed by atoms with Crippen molar-refractivity contribution in [1.29, 1.82) is 0 Å². The van der Waals surface area contributed by atoms with E-state index >= 15 is 0 Å². The van der Waals surface area contributed by atoms with Gasteiger partial charge in [0, 0.05) is 26.1 Å². The van der Waals surface area contributed by atoms with E-state index < -0.39 is 6.43 Å². The average molecular weight is 361 g/mol. The van der Waals surface area contributed by atoms with Crippen LogP contribution in [0.25, 0.3) is 5.78 Å². The number of amides is 1. The Kier molecular flexibility index (Phi) is 4.09. The molecule has 1 saturated heterocycles. The van der Waals surface area contributed by atoms with Gasteiger partial charge in [-0.25, -0.2) is 23.3 Å². The van der Waals surface area contributed by atoms with Crippen molar-refractivity contribution in [3.63, 3.8) is 0 Å². The molecule has 3 aromatic rings. The lowest BCUT2D eigenvalue weighted by atomic mass is 9.93. The molecular formula is C16H17F2N7O. The predicted octanol–water partition coefficient (Wildman–Crippen LogP) is 1.82. The monoisotopic (exact) mass is 361 g/mol. The molecule has 1 amide bonds. The molecule has 1 aliphatic rings. The molecule has 4 rings (SSSR count). The molecule has 1 atom stereocenters. The van der Waals surface area contributed by atoms with Crippen LogP contribution in [0.1, 0.15) is 47.1 Å². The zero-order valence-corrected chi connectivity index (χ0v) is 14.1. The van der Waals surface area contributed by atoms with Crippen molar-refractivity contribution in [3.05, 3.63) is 42.0 Å². The Morgan fingerprint density at radius 3 is 2.96 bits per heavy atom. The van der Waals surface area contributed by atoms with Crippen LogP contribution in [-0.4, -0.2) is 53.0 Å². The van der Waals surface area contributed by atoms with Gasteiger partial charge in [0.05, 0.1) is 18.2 Å². The average Bonchev–Trinajstić information content (AvgIpc) is 3.28. The Hall–Kier alpha value is -2.91. The van der Waals surface area contributed by atoms with Gasteiger partial charge in [-0.3, -0.25) is 4.79 Å². The van der Waals surface area contributed by atoms with E-state index in [0.29, 0.717) is 24.5 Å². The van der Waals surface area contributed by atoms with Crippen LogP contribution in [-0.2, 0) is 7.05 Å². The highest BCUT2D eigenvalue weighted by Crippen LogP contribution is 2.30. The van der Waals surface area contributed by atoms with E-state index in [1.54, 1.807) is 22.8 Å². The summed E-state index contributed by atoms with van der Waals surface area (Å²) in [6, 6.07) is 1.37. The maximum absolute atomic E-state index is 13.2. The van der Waals surface area contributed by atoms with E-state index in [-0.39, 0.29) is 23.3 Å². The number of hydrogen-bond donors (Lipinski definition) is 0. The molecule has 0 aliphatic carbocycles. The number of hydrogen-bond acceptors (Lipinski definition) is 5. The highest BCUT2D eigenvalue weighted by molar-refractivity contribution is 5.92. The Morgan fingerprint density at radius 1 is 1.38 bits per heavy atom. The zero-order chi connectivity index (χ0) is 18.3. The molecule has 3 aromatic heterocycles. The van der Waals surface area contributed by atoms with Crippen LogP contribution in [0.3, 0.4) is 0 Å². The highest BCUT2D eigenvalue weighted by Gasteiger charge is 2.29. The first-order valence-corrected chi connectivity index (χ1v) is 8.29. The predicted molar refractivity (Wildman–Crippen MR) is 86.8 cm³/mol. The van der Waals surface area contributed by atoms with Gasteiger partial charge in [-0.1, -0.05) is 0 Å². The first-order valence-electron chi connectivity index (χ1n) is 8.29. The summed E-state index contributed by atoms with van der Waals surface area (Å²) in [5, 5.41) is 4.11. The van der Waals surface area contributed by atoms with E-state index in [0.717, 1.165) is 12.8 Å². The summed E-state index contributed by atoms with van der Waals surface area (Å²) in [5.41, 5.74) is 0.778. The van der Waals surface area contributed by atoms with Gasteiger partial charge in [0.25, 0.3) is 18.1 Å². The Labute approximate surface area is 147 Å². The summed E-state index contributed by atoms with van der Waals surface area (Å²) < 4.78 is 29.5. The molecule has 0 radical (unpaired) electrons. The molecule has 8 nitrogen and oxygen atoms in total. The Bertz CT molecular complexity index is 951. The first-order chi connectivity index (χ1) is 12.5. The molecule has 1 aliphatic heterocycles. The molecule has 26 heavy (non-hydrogen) atoms. The minimum Gasteiger partial charge on any atom is -0.337 e. The number of fused-ring (bicyclic) bond motifs is 1. The molecule has 0 bridgehead atoms. The zero-order valence-electron chi connectivity index (χ0n) is 14.1. The fraction of sp³-hybridized carbons (Fsp3) is 0.438. The Morgan fingerprint density at radius 2 is 2.23 bits per heavy atom. The van der Waals surface area contributed by atoms with Crippen molar-refractivity contribution in [2.45, 2.75) is 25.2 Å². The van der Waals surface area contributed by atoms with Crippen molar-refractivity contribution in [1.82, 2.24) is 34.0 Å². The van der Waals surface area contributed by atoms with Crippen LogP contribution in [0.5, 0.6) is 0 Å². The van der Waals surface area contributed by atoms with Crippen LogP contribution in [0, 0.1) is 0 Å². The quantitative estimate of drug-likeness (QED) is 0.711. The fourth-order valence-corrected chi connectivity index (χ4v) is 3.39. The lowest BCUT2D eigenvalue weighted by Gasteiger charge is -2.33. The number of likely N-dealkylation sites (tertiary alicyclic amines) is 1. The number of piperidine rings is 1. The van der Waals surface area contributed by atoms with Gasteiger partial charge in [0.15, 0.2) is 0 Å². The van der Waals surface area contributed by atoms with Gasteiger partial charge in [0.1, 0.15) is 17.7 Å². The normalized spacial score (nSPS) is 18.0. The third kappa shape index (κ3) is 2.80. The summed E-state index contributed by atoms with van der Waals surface area (Å²) in [6.07, 6.45) is 3.26. The maximum atomic E-state index is 13.2. The van der Waals surface area contributed by atoms with Crippen LogP contribution in [0.4, 0.5) is 8.78 Å². The largest absolute Gasteiger partial charge is 0.337 e. The molecule has 4 heterocycles. The van der Waals surface area contributed by atoms with E-state index in [9.17, 15) is 13.6 Å². The number of alkyl halides is 2. The van der Waals surface area contributed by atoms with Crippen LogP contribution >= 0.6 is 0 Å². The van der Waals surface area contributed by atoms with Crippen molar-refractivity contribution in [2.75, 3.05) is 13.1 Å². The lowest BCUT2D eigenvalue weighted by Crippen LogP contribution is -2.40. The van der Waals surface area contributed by atoms with Gasteiger partial charge in [-0.05, 0) is 18.9 Å². The first kappa shape index (κ1) is 16.6. The number of rotatable bonds is 3. The van der Waals surface area contributed by atoms with Gasteiger partial charge in [0.2, 0.25) is 0 Å². The van der Waals surface area contributed by atoms with Crippen LogP contribution in [0.2, 0.25) is 0 Å². The van der Waals surface area contributed by atoms with Crippen LogP contribution in [0.15, 0.2) is 24.9 Å². The number of carbonyl (C=O) groups excluding carboxylic acids is 1. The molecule has 10 heteroatoms. The minimum atomic E-state index is -2.69. The third-order valence-corrected chi connectivity index (χ3v) is 4.69. The summed E-state index contributed by atoms with van der Waals surface area (Å²) in [4.78, 5) is 26.2. The number of carbonyl (C=O) groups is 1. The minimum absolute atomic E-state index is 0.118. The number of nitrogens with zero attached hydrogens (tertiary/aromatic N) is 7. The smallest absolute Gasteiger partial charge is 0.280 e. The maximum Gasteiger partial charge on any atom is 0.280 e. The number of aromatic nitrogens is 6. The van der Waals surface area contributed by atoms with Crippen molar-refractivity contribution in [3.8, 4) is 0 Å². The Balaban J connectivity index is 1.66. The number of aryl methyl sites for hydroxylation is 1. The summed E-state index contributed by atoms with van der Waals surface area (Å²) in [6.45, 7) is 1.04. The second kappa shape index (κ2) is 6.43. The number of halogens is 2. The third-order valence-electron chi connectivity index (χ3n) is 4.69. The summed E-state index contributed by atoms with van der Waals surface area (Å²) >= 11 is 0. The molecule has 0 spiro atoms. The molecule has 136 valence electrons. The second-order valence-electron chi connectivity index (χ2n) is 6.36. The highest BCUT2D eigenvalue weighted by atomic mass is 19.3. The molecular weight excluding hydrogens is 344 g/mol. The molecule has 1 unspecified atom stereocenters. The second-order valence-corrected chi connectivity index (χ2v) is 6.36. The topological polar surface area (TPSA) is 81.2 Å². The number of imidazole rings is 1. The summed E-state index contributed by atoms with van der Waals surface area (Å²) in [7, 11) is 1.76. The van der Waals surface area contributed by atoms with E-state index in [2.05, 4.69) is 20.1 Å². The van der Waals surface area contributed by atoms with Crippen molar-refractivity contribution >= 4 is 11.7 Å². The van der Waals surface area contributed by atoms with Gasteiger partial charge in [-0.15, -0.1) is 0 Å². The lowest BCUT2D eigenvalue weighted by molar-refractivity contribution is 0.0695. The molecule has 0 saturated carbocycles. The van der Waals surface area contributed by atoms with E-state index in [1.807, 2.05) is 0 Å². The van der Waals surface area contributed by atoms with E-state index in [4.69, 9.17) is 0 Å². The van der Waals surface area contributed by atoms with Gasteiger partial charge < -0.3 is 9.47 Å². The fourth-order valence-electron chi connectivity index (χ4n) is 3.39. The van der Waals surface area contributed by atoms with Crippen LogP contribution < -0.4 is 0 Å². The van der Waals surface area contributed by atoms with Crippen molar-refractivity contribution in [2.24, 2.45) is 7.05 Å². The molecule has 0 N–H and O–H groups in total. The molecule has 1 fully saturated rings. The van der Waals surface area contributed by atoms with Crippen molar-refractivity contribution < 1.29 is 13.6 Å². The SMILES string of the molecule is Cn1cncc1C(=O)N1CCCC(c2cc(C(F)F)nc3ncnn23)C1. The van der Waals surface area contributed by atoms with E-state index in [1.165, 1.54) is 23.1 Å².